The Labute approximate surface area is 125 Å². The first kappa shape index (κ1) is 13.7. The van der Waals surface area contributed by atoms with Crippen LogP contribution in [0.5, 0.6) is 0 Å². The fourth-order valence-corrected chi connectivity index (χ4v) is 3.16. The SMILES string of the molecule is CC(=O)N1c2ccccc2[C@H](Nc2ccccc2)C[C@H]1C. The van der Waals surface area contributed by atoms with Gasteiger partial charge in [0.15, 0.2) is 0 Å². The Kier molecular flexibility index (Phi) is 3.65. The largest absolute Gasteiger partial charge is 0.378 e. The average molecular weight is 280 g/mol. The third-order valence-electron chi connectivity index (χ3n) is 4.04. The van der Waals surface area contributed by atoms with Crippen LogP contribution in [-0.4, -0.2) is 11.9 Å². The van der Waals surface area contributed by atoms with Gasteiger partial charge in [0.05, 0.1) is 6.04 Å². The molecule has 1 heterocycles. The van der Waals surface area contributed by atoms with E-state index in [0.717, 1.165) is 17.8 Å². The third kappa shape index (κ3) is 2.64. The number of fused-ring (bicyclic) bond motifs is 1. The molecule has 1 amide bonds. The standard InChI is InChI=1S/C18H20N2O/c1-13-12-17(19-15-8-4-3-5-9-15)16-10-6-7-11-18(16)20(13)14(2)21/h3-11,13,17,19H,12H2,1-2H3/t13-,17-/m1/s1. The van der Waals surface area contributed by atoms with Gasteiger partial charge < -0.3 is 10.2 Å². The molecule has 3 heteroatoms. The summed E-state index contributed by atoms with van der Waals surface area (Å²) < 4.78 is 0. The van der Waals surface area contributed by atoms with Crippen molar-refractivity contribution in [3.63, 3.8) is 0 Å². The van der Waals surface area contributed by atoms with Crippen molar-refractivity contribution in [3.8, 4) is 0 Å². The van der Waals surface area contributed by atoms with E-state index in [2.05, 4.69) is 30.4 Å². The normalized spacial score (nSPS) is 20.8. The Hall–Kier alpha value is -2.29. The van der Waals surface area contributed by atoms with E-state index in [9.17, 15) is 4.79 Å². The second kappa shape index (κ2) is 5.60. The monoisotopic (exact) mass is 280 g/mol. The summed E-state index contributed by atoms with van der Waals surface area (Å²) in [5.74, 6) is 0.105. The van der Waals surface area contributed by atoms with Gasteiger partial charge in [-0.15, -0.1) is 0 Å². The number of para-hydroxylation sites is 2. The average Bonchev–Trinajstić information content (AvgIpc) is 2.48. The molecule has 0 bridgehead atoms. The van der Waals surface area contributed by atoms with Crippen molar-refractivity contribution in [2.75, 3.05) is 10.2 Å². The maximum atomic E-state index is 11.9. The van der Waals surface area contributed by atoms with Crippen molar-refractivity contribution >= 4 is 17.3 Å². The lowest BCUT2D eigenvalue weighted by atomic mass is 9.91. The summed E-state index contributed by atoms with van der Waals surface area (Å²) in [5.41, 5.74) is 3.33. The van der Waals surface area contributed by atoms with Crippen LogP contribution in [0.25, 0.3) is 0 Å². The molecule has 0 spiro atoms. The van der Waals surface area contributed by atoms with Gasteiger partial charge in [-0.1, -0.05) is 36.4 Å². The molecule has 0 unspecified atom stereocenters. The van der Waals surface area contributed by atoms with Crippen LogP contribution in [0.15, 0.2) is 54.6 Å². The number of carbonyl (C=O) groups is 1. The summed E-state index contributed by atoms with van der Waals surface area (Å²) >= 11 is 0. The minimum absolute atomic E-state index is 0.105. The van der Waals surface area contributed by atoms with E-state index in [1.54, 1.807) is 6.92 Å². The second-order valence-corrected chi connectivity index (χ2v) is 5.60. The van der Waals surface area contributed by atoms with E-state index < -0.39 is 0 Å². The Morgan fingerprint density at radius 2 is 1.76 bits per heavy atom. The van der Waals surface area contributed by atoms with E-state index in [0.29, 0.717) is 0 Å². The number of rotatable bonds is 2. The van der Waals surface area contributed by atoms with Crippen LogP contribution < -0.4 is 10.2 Å². The fraction of sp³-hybridized carbons (Fsp3) is 0.278. The summed E-state index contributed by atoms with van der Waals surface area (Å²) in [4.78, 5) is 13.8. The molecule has 21 heavy (non-hydrogen) atoms. The lowest BCUT2D eigenvalue weighted by Crippen LogP contribution is -2.43. The molecule has 0 saturated carbocycles. The molecule has 1 N–H and O–H groups in total. The first-order valence-corrected chi connectivity index (χ1v) is 7.37. The minimum atomic E-state index is 0.105. The molecule has 2 aromatic rings. The van der Waals surface area contributed by atoms with E-state index in [1.165, 1.54) is 5.56 Å². The van der Waals surface area contributed by atoms with Crippen LogP contribution in [0.1, 0.15) is 31.9 Å². The first-order chi connectivity index (χ1) is 10.2. The smallest absolute Gasteiger partial charge is 0.224 e. The molecular weight excluding hydrogens is 260 g/mol. The predicted molar refractivity (Wildman–Crippen MR) is 86.5 cm³/mol. The van der Waals surface area contributed by atoms with Crippen LogP contribution in [-0.2, 0) is 4.79 Å². The van der Waals surface area contributed by atoms with Gasteiger partial charge in [0.2, 0.25) is 5.91 Å². The highest BCUT2D eigenvalue weighted by Gasteiger charge is 2.31. The number of benzene rings is 2. The molecular formula is C18H20N2O. The molecule has 3 nitrogen and oxygen atoms in total. The van der Waals surface area contributed by atoms with Crippen molar-refractivity contribution in [1.29, 1.82) is 0 Å². The summed E-state index contributed by atoms with van der Waals surface area (Å²) in [6.45, 7) is 3.75. The highest BCUT2D eigenvalue weighted by Crippen LogP contribution is 2.38. The van der Waals surface area contributed by atoms with E-state index in [1.807, 2.05) is 41.3 Å². The number of nitrogens with one attached hydrogen (secondary N) is 1. The summed E-state index contributed by atoms with van der Waals surface area (Å²) in [6.07, 6.45) is 0.908. The topological polar surface area (TPSA) is 32.3 Å². The summed E-state index contributed by atoms with van der Waals surface area (Å²) in [6, 6.07) is 18.8. The molecule has 2 atom stereocenters. The molecule has 1 aliphatic rings. The van der Waals surface area contributed by atoms with E-state index in [-0.39, 0.29) is 18.0 Å². The number of carbonyl (C=O) groups excluding carboxylic acids is 1. The van der Waals surface area contributed by atoms with Crippen molar-refractivity contribution < 1.29 is 4.79 Å². The summed E-state index contributed by atoms with van der Waals surface area (Å²) in [7, 11) is 0. The number of amides is 1. The Morgan fingerprint density at radius 1 is 1.10 bits per heavy atom. The molecule has 3 rings (SSSR count). The van der Waals surface area contributed by atoms with Crippen LogP contribution >= 0.6 is 0 Å². The van der Waals surface area contributed by atoms with Crippen LogP contribution in [0, 0.1) is 0 Å². The quantitative estimate of drug-likeness (QED) is 0.902. The van der Waals surface area contributed by atoms with Gasteiger partial charge >= 0.3 is 0 Å². The van der Waals surface area contributed by atoms with Crippen molar-refractivity contribution in [2.45, 2.75) is 32.4 Å². The fourth-order valence-electron chi connectivity index (χ4n) is 3.16. The molecule has 108 valence electrons. The van der Waals surface area contributed by atoms with Crippen LogP contribution in [0.4, 0.5) is 11.4 Å². The number of hydrogen-bond acceptors (Lipinski definition) is 2. The van der Waals surface area contributed by atoms with Gasteiger partial charge in [0, 0.05) is 24.3 Å². The van der Waals surface area contributed by atoms with Crippen molar-refractivity contribution in [3.05, 3.63) is 60.2 Å². The third-order valence-corrected chi connectivity index (χ3v) is 4.04. The van der Waals surface area contributed by atoms with Gasteiger partial charge in [-0.25, -0.2) is 0 Å². The lowest BCUT2D eigenvalue weighted by Gasteiger charge is -2.39. The van der Waals surface area contributed by atoms with Crippen LogP contribution in [0.3, 0.4) is 0 Å². The lowest BCUT2D eigenvalue weighted by molar-refractivity contribution is -0.117. The maximum Gasteiger partial charge on any atom is 0.224 e. The van der Waals surface area contributed by atoms with Crippen LogP contribution in [0.2, 0.25) is 0 Å². The van der Waals surface area contributed by atoms with Gasteiger partial charge in [-0.2, -0.15) is 0 Å². The molecule has 0 aromatic heterocycles. The highest BCUT2D eigenvalue weighted by molar-refractivity contribution is 5.93. The second-order valence-electron chi connectivity index (χ2n) is 5.60. The molecule has 0 radical (unpaired) electrons. The number of nitrogens with zero attached hydrogens (tertiary/aromatic N) is 1. The zero-order valence-corrected chi connectivity index (χ0v) is 12.4. The number of anilines is 2. The Bertz CT molecular complexity index is 639. The summed E-state index contributed by atoms with van der Waals surface area (Å²) in [5, 5.41) is 3.59. The van der Waals surface area contributed by atoms with Gasteiger partial charge in [0.25, 0.3) is 0 Å². The number of hydrogen-bond donors (Lipinski definition) is 1. The zero-order chi connectivity index (χ0) is 14.8. The van der Waals surface area contributed by atoms with Gasteiger partial charge in [-0.05, 0) is 37.1 Å². The van der Waals surface area contributed by atoms with E-state index in [4.69, 9.17) is 0 Å². The molecule has 0 aliphatic carbocycles. The first-order valence-electron chi connectivity index (χ1n) is 7.37. The van der Waals surface area contributed by atoms with Crippen molar-refractivity contribution in [2.24, 2.45) is 0 Å². The Balaban J connectivity index is 1.96. The van der Waals surface area contributed by atoms with Gasteiger partial charge in [-0.3, -0.25) is 4.79 Å². The molecule has 0 fully saturated rings. The van der Waals surface area contributed by atoms with Crippen molar-refractivity contribution in [1.82, 2.24) is 0 Å². The zero-order valence-electron chi connectivity index (χ0n) is 12.4. The highest BCUT2D eigenvalue weighted by atomic mass is 16.2. The van der Waals surface area contributed by atoms with Gasteiger partial charge in [0.1, 0.15) is 0 Å². The molecule has 2 aromatic carbocycles. The molecule has 0 saturated heterocycles. The minimum Gasteiger partial charge on any atom is -0.378 e. The maximum absolute atomic E-state index is 11.9. The molecule has 1 aliphatic heterocycles. The predicted octanol–water partition coefficient (Wildman–Crippen LogP) is 3.98. The van der Waals surface area contributed by atoms with E-state index >= 15 is 0 Å². The Morgan fingerprint density at radius 3 is 2.48 bits per heavy atom.